The molecule has 0 aromatic heterocycles. The third-order valence-corrected chi connectivity index (χ3v) is 4.77. The van der Waals surface area contributed by atoms with E-state index in [4.69, 9.17) is 17.0 Å². The Morgan fingerprint density at radius 2 is 1.88 bits per heavy atom. The van der Waals surface area contributed by atoms with Crippen LogP contribution in [0.2, 0.25) is 19.6 Å². The zero-order valence-electron chi connectivity index (χ0n) is 11.1. The quantitative estimate of drug-likeness (QED) is 0.542. The minimum Gasteiger partial charge on any atom is -0.488 e. The molecule has 0 aromatic carbocycles. The predicted molar refractivity (Wildman–Crippen MR) is 76.2 cm³/mol. The Kier molecular flexibility index (Phi) is 3.80. The summed E-state index contributed by atoms with van der Waals surface area (Å²) in [5.74, 6) is 0.878. The zero-order valence-corrected chi connectivity index (χ0v) is 12.9. The van der Waals surface area contributed by atoms with Gasteiger partial charge in [0.1, 0.15) is 11.4 Å². The average molecular weight is 253 g/mol. The van der Waals surface area contributed by atoms with Gasteiger partial charge in [0.05, 0.1) is 8.07 Å². The monoisotopic (exact) mass is 253 g/mol. The minimum absolute atomic E-state index is 0.186. The van der Waals surface area contributed by atoms with Crippen molar-refractivity contribution in [1.82, 2.24) is 0 Å². The Bertz CT molecular complexity index is 353. The highest BCUT2D eigenvalue weighted by Crippen LogP contribution is 2.29. The number of allylic oxidation sites excluding steroid dienone is 3. The molecule has 1 rings (SSSR count). The maximum absolute atomic E-state index is 5.97. The number of ether oxygens (including phenoxy) is 1. The Morgan fingerprint density at radius 3 is 2.31 bits per heavy atom. The summed E-state index contributed by atoms with van der Waals surface area (Å²) < 4.78 is 5.97. The van der Waals surface area contributed by atoms with Crippen molar-refractivity contribution >= 4 is 25.2 Å². The van der Waals surface area contributed by atoms with Crippen molar-refractivity contribution in [3.63, 3.8) is 0 Å². The molecule has 0 amide bonds. The molecule has 0 saturated heterocycles. The van der Waals surface area contributed by atoms with Crippen LogP contribution in [0.25, 0.3) is 0 Å². The van der Waals surface area contributed by atoms with Gasteiger partial charge in [-0.2, -0.15) is 0 Å². The summed E-state index contributed by atoms with van der Waals surface area (Å²) in [6.07, 6.45) is 6.06. The predicted octanol–water partition coefficient (Wildman–Crippen LogP) is 4.07. The van der Waals surface area contributed by atoms with E-state index in [2.05, 4.69) is 46.5 Å². The van der Waals surface area contributed by atoms with E-state index in [-0.39, 0.29) is 5.60 Å². The van der Waals surface area contributed by atoms with E-state index in [0.29, 0.717) is 0 Å². The van der Waals surface area contributed by atoms with Crippen molar-refractivity contribution < 1.29 is 4.74 Å². The fourth-order valence-electron chi connectivity index (χ4n) is 1.68. The molecular weight excluding hydrogens is 232 g/mol. The van der Waals surface area contributed by atoms with Gasteiger partial charge in [0, 0.05) is 17.4 Å². The molecule has 0 fully saturated rings. The Labute approximate surface area is 106 Å². The maximum atomic E-state index is 5.97. The molecule has 0 bridgehead atoms. The fourth-order valence-corrected chi connectivity index (χ4v) is 4.52. The van der Waals surface area contributed by atoms with Gasteiger partial charge in [-0.05, 0) is 26.0 Å². The molecule has 1 aliphatic rings. The number of thiocarbonyl (C=S) groups is 1. The summed E-state index contributed by atoms with van der Waals surface area (Å²) >= 11 is 5.47. The largest absolute Gasteiger partial charge is 0.488 e. The van der Waals surface area contributed by atoms with Crippen molar-refractivity contribution in [2.24, 2.45) is 0 Å². The van der Waals surface area contributed by atoms with Crippen molar-refractivity contribution in [2.45, 2.75) is 52.4 Å². The first-order valence-electron chi connectivity index (χ1n) is 5.66. The van der Waals surface area contributed by atoms with E-state index in [1.54, 1.807) is 0 Å². The summed E-state index contributed by atoms with van der Waals surface area (Å²) in [6.45, 7) is 13.1. The van der Waals surface area contributed by atoms with Gasteiger partial charge < -0.3 is 4.74 Å². The number of hydrogen-bond donors (Lipinski definition) is 0. The molecule has 0 aromatic rings. The lowest BCUT2D eigenvalue weighted by molar-refractivity contribution is 0.0577. The van der Waals surface area contributed by atoms with Crippen molar-refractivity contribution in [3.05, 3.63) is 23.1 Å². The summed E-state index contributed by atoms with van der Waals surface area (Å²) in [6, 6.07) is 0. The Balaban J connectivity index is 3.16. The lowest BCUT2D eigenvalue weighted by Crippen LogP contribution is -2.33. The number of hydrogen-bond acceptors (Lipinski definition) is 2. The van der Waals surface area contributed by atoms with E-state index < -0.39 is 8.07 Å². The second-order valence-corrected chi connectivity index (χ2v) is 11.6. The van der Waals surface area contributed by atoms with Crippen LogP contribution in [0.15, 0.2) is 17.0 Å². The number of rotatable bonds is 2. The van der Waals surface area contributed by atoms with E-state index in [1.807, 2.05) is 6.08 Å². The second-order valence-electron chi connectivity index (χ2n) is 6.14. The van der Waals surface area contributed by atoms with E-state index in [1.165, 1.54) is 5.20 Å². The highest BCUT2D eigenvalue weighted by molar-refractivity contribution is 7.81. The molecule has 0 spiro atoms. The minimum atomic E-state index is -1.45. The molecule has 1 aliphatic carbocycles. The van der Waals surface area contributed by atoms with Crippen LogP contribution in [0.4, 0.5) is 0 Å². The standard InChI is InChI=1S/C13H21OSSi/c1-13(2,3)14-10-8-7-9-11(15)12(10)16(4,5)6/h7H,9H2,1-6H3. The lowest BCUT2D eigenvalue weighted by atomic mass is 10.1. The first-order valence-corrected chi connectivity index (χ1v) is 9.57. The van der Waals surface area contributed by atoms with Crippen LogP contribution < -0.4 is 0 Å². The topological polar surface area (TPSA) is 9.23 Å². The van der Waals surface area contributed by atoms with Gasteiger partial charge in [-0.3, -0.25) is 0 Å². The van der Waals surface area contributed by atoms with Gasteiger partial charge in [-0.15, -0.1) is 0 Å². The molecule has 0 atom stereocenters. The summed E-state index contributed by atoms with van der Waals surface area (Å²) in [5.41, 5.74) is -0.186. The Morgan fingerprint density at radius 1 is 1.31 bits per heavy atom. The van der Waals surface area contributed by atoms with Crippen molar-refractivity contribution in [3.8, 4) is 0 Å². The van der Waals surface area contributed by atoms with Crippen molar-refractivity contribution in [1.29, 1.82) is 0 Å². The van der Waals surface area contributed by atoms with Crippen molar-refractivity contribution in [2.75, 3.05) is 0 Å². The molecule has 0 heterocycles. The van der Waals surface area contributed by atoms with Gasteiger partial charge in [-0.25, -0.2) is 0 Å². The highest BCUT2D eigenvalue weighted by Gasteiger charge is 2.30. The van der Waals surface area contributed by atoms with E-state index in [9.17, 15) is 0 Å². The van der Waals surface area contributed by atoms with Crippen LogP contribution in [-0.4, -0.2) is 18.5 Å². The summed E-state index contributed by atoms with van der Waals surface area (Å²) in [5, 5.41) is 1.26. The molecule has 1 radical (unpaired) electrons. The van der Waals surface area contributed by atoms with Gasteiger partial charge in [-0.1, -0.05) is 37.9 Å². The van der Waals surface area contributed by atoms with Gasteiger partial charge >= 0.3 is 0 Å². The highest BCUT2D eigenvalue weighted by atomic mass is 32.1. The van der Waals surface area contributed by atoms with Crippen LogP contribution in [-0.2, 0) is 4.74 Å². The first-order chi connectivity index (χ1) is 7.11. The van der Waals surface area contributed by atoms with Gasteiger partial charge in [0.25, 0.3) is 0 Å². The molecule has 0 N–H and O–H groups in total. The first kappa shape index (κ1) is 13.7. The second kappa shape index (κ2) is 4.45. The Hall–Kier alpha value is -0.413. The van der Waals surface area contributed by atoms with Crippen LogP contribution in [0.1, 0.15) is 27.2 Å². The van der Waals surface area contributed by atoms with E-state index >= 15 is 0 Å². The van der Waals surface area contributed by atoms with Crippen LogP contribution in [0.5, 0.6) is 0 Å². The normalized spacial score (nSPS) is 18.0. The fraction of sp³-hybridized carbons (Fsp3) is 0.615. The molecule has 89 valence electrons. The van der Waals surface area contributed by atoms with E-state index in [0.717, 1.165) is 17.0 Å². The average Bonchev–Trinajstić information content (AvgIpc) is 1.97. The third kappa shape index (κ3) is 3.56. The van der Waals surface area contributed by atoms with Gasteiger partial charge in [0.2, 0.25) is 0 Å². The van der Waals surface area contributed by atoms with Crippen LogP contribution in [0.3, 0.4) is 0 Å². The SMILES string of the molecule is CC(C)(C)OC1=C([Si](C)(C)C)C(=S)CC=[C]1. The molecule has 1 nitrogen and oxygen atoms in total. The lowest BCUT2D eigenvalue weighted by Gasteiger charge is -2.30. The summed E-state index contributed by atoms with van der Waals surface area (Å²) in [7, 11) is -1.45. The maximum Gasteiger partial charge on any atom is 0.128 e. The third-order valence-electron chi connectivity index (χ3n) is 2.18. The van der Waals surface area contributed by atoms with Crippen LogP contribution >= 0.6 is 12.2 Å². The van der Waals surface area contributed by atoms with Gasteiger partial charge in [0.15, 0.2) is 0 Å². The molecule has 0 aliphatic heterocycles. The molecule has 3 heteroatoms. The molecule has 0 saturated carbocycles. The molecule has 0 unspecified atom stereocenters. The zero-order chi connectivity index (χ0) is 12.6. The van der Waals surface area contributed by atoms with Crippen LogP contribution in [0, 0.1) is 6.08 Å². The molecule has 16 heavy (non-hydrogen) atoms. The summed E-state index contributed by atoms with van der Waals surface area (Å²) in [4.78, 5) is 1.04. The smallest absolute Gasteiger partial charge is 0.128 e. The molecular formula is C13H21OSSi.